The number of rotatable bonds is 6. The maximum absolute atomic E-state index is 12.6. The summed E-state index contributed by atoms with van der Waals surface area (Å²) in [6, 6.07) is 9.82. The molecule has 2 amide bonds. The molecular weight excluding hydrogens is 388 g/mol. The topological polar surface area (TPSA) is 80.5 Å². The van der Waals surface area contributed by atoms with Crippen molar-refractivity contribution in [1.82, 2.24) is 20.4 Å². The molecule has 2 aromatic heterocycles. The molecule has 0 aliphatic carbocycles. The predicted octanol–water partition coefficient (Wildman–Crippen LogP) is 3.94. The van der Waals surface area contributed by atoms with Crippen LogP contribution in [0.2, 0.25) is 0 Å². The Labute approximate surface area is 173 Å². The van der Waals surface area contributed by atoms with Crippen LogP contribution in [-0.4, -0.2) is 47.9 Å². The molecule has 29 heavy (non-hydrogen) atoms. The van der Waals surface area contributed by atoms with E-state index in [9.17, 15) is 4.79 Å². The van der Waals surface area contributed by atoms with Gasteiger partial charge < -0.3 is 19.4 Å². The Morgan fingerprint density at radius 1 is 1.31 bits per heavy atom. The monoisotopic (exact) mass is 412 g/mol. The first-order chi connectivity index (χ1) is 14.2. The zero-order valence-electron chi connectivity index (χ0n) is 16.3. The standard InChI is InChI=1S/C21H24N4O3S/c1-27-18-6-4-15(5-7-18)8-10-22-21(26)25-11-2-3-16(13-25)19-23-24-20(28-19)17-9-12-29-14-17/h4-7,9,12,14,16H,2-3,8,10-11,13H2,1H3,(H,22,26)/t16-/m1/s1. The van der Waals surface area contributed by atoms with Gasteiger partial charge in [-0.15, -0.1) is 10.2 Å². The summed E-state index contributed by atoms with van der Waals surface area (Å²) < 4.78 is 11.0. The number of nitrogens with zero attached hydrogens (tertiary/aromatic N) is 3. The van der Waals surface area contributed by atoms with Crippen LogP contribution in [0.1, 0.15) is 30.2 Å². The molecule has 3 heterocycles. The van der Waals surface area contributed by atoms with Gasteiger partial charge in [0.25, 0.3) is 0 Å². The van der Waals surface area contributed by atoms with Crippen molar-refractivity contribution in [1.29, 1.82) is 0 Å². The maximum Gasteiger partial charge on any atom is 0.317 e. The summed E-state index contributed by atoms with van der Waals surface area (Å²) in [4.78, 5) is 14.4. The van der Waals surface area contributed by atoms with Gasteiger partial charge in [-0.1, -0.05) is 12.1 Å². The minimum Gasteiger partial charge on any atom is -0.497 e. The normalized spacial score (nSPS) is 16.6. The van der Waals surface area contributed by atoms with Crippen molar-refractivity contribution in [2.24, 2.45) is 0 Å². The van der Waals surface area contributed by atoms with E-state index >= 15 is 0 Å². The molecule has 1 aliphatic heterocycles. The fourth-order valence-corrected chi connectivity index (χ4v) is 4.11. The first-order valence-electron chi connectivity index (χ1n) is 9.74. The summed E-state index contributed by atoms with van der Waals surface area (Å²) in [5.74, 6) is 2.07. The molecule has 3 aromatic rings. The van der Waals surface area contributed by atoms with Gasteiger partial charge in [-0.3, -0.25) is 0 Å². The second-order valence-corrected chi connectivity index (χ2v) is 7.85. The van der Waals surface area contributed by atoms with Crippen LogP contribution >= 0.6 is 11.3 Å². The molecule has 0 radical (unpaired) electrons. The van der Waals surface area contributed by atoms with Crippen LogP contribution in [0.5, 0.6) is 5.75 Å². The number of carbonyl (C=O) groups excluding carboxylic acids is 1. The Bertz CT molecular complexity index is 924. The van der Waals surface area contributed by atoms with Gasteiger partial charge in [0.1, 0.15) is 5.75 Å². The van der Waals surface area contributed by atoms with E-state index < -0.39 is 0 Å². The quantitative estimate of drug-likeness (QED) is 0.663. The second kappa shape index (κ2) is 9.09. The molecule has 1 aromatic carbocycles. The average molecular weight is 413 g/mol. The van der Waals surface area contributed by atoms with E-state index in [2.05, 4.69) is 15.5 Å². The minimum atomic E-state index is -0.0409. The number of carbonyl (C=O) groups is 1. The van der Waals surface area contributed by atoms with Crippen LogP contribution < -0.4 is 10.1 Å². The van der Waals surface area contributed by atoms with E-state index in [0.717, 1.165) is 42.7 Å². The highest BCUT2D eigenvalue weighted by atomic mass is 32.1. The van der Waals surface area contributed by atoms with Gasteiger partial charge in [0.15, 0.2) is 0 Å². The van der Waals surface area contributed by atoms with Crippen LogP contribution in [0.3, 0.4) is 0 Å². The summed E-state index contributed by atoms with van der Waals surface area (Å²) in [5.41, 5.74) is 2.10. The number of benzene rings is 1. The highest BCUT2D eigenvalue weighted by molar-refractivity contribution is 7.08. The molecule has 1 atom stereocenters. The van der Waals surface area contributed by atoms with Crippen LogP contribution in [0.4, 0.5) is 4.79 Å². The molecule has 1 saturated heterocycles. The molecule has 1 aliphatic rings. The second-order valence-electron chi connectivity index (χ2n) is 7.07. The molecule has 8 heteroatoms. The molecule has 7 nitrogen and oxygen atoms in total. The van der Waals surface area contributed by atoms with E-state index in [-0.39, 0.29) is 11.9 Å². The Hall–Kier alpha value is -2.87. The van der Waals surface area contributed by atoms with E-state index in [4.69, 9.17) is 9.15 Å². The van der Waals surface area contributed by atoms with Gasteiger partial charge in [0, 0.05) is 30.6 Å². The molecule has 0 spiro atoms. The Kier molecular flexibility index (Phi) is 6.09. The van der Waals surface area contributed by atoms with Gasteiger partial charge in [-0.05, 0) is 48.4 Å². The number of nitrogens with one attached hydrogen (secondary N) is 1. The highest BCUT2D eigenvalue weighted by Gasteiger charge is 2.28. The summed E-state index contributed by atoms with van der Waals surface area (Å²) >= 11 is 1.60. The summed E-state index contributed by atoms with van der Waals surface area (Å²) in [7, 11) is 1.65. The number of hydrogen-bond acceptors (Lipinski definition) is 6. The molecule has 0 bridgehead atoms. The Balaban J connectivity index is 1.29. The number of ether oxygens (including phenoxy) is 1. The van der Waals surface area contributed by atoms with E-state index in [1.54, 1.807) is 18.4 Å². The van der Waals surface area contributed by atoms with Crippen molar-refractivity contribution in [2.45, 2.75) is 25.2 Å². The zero-order chi connectivity index (χ0) is 20.1. The third kappa shape index (κ3) is 4.76. The lowest BCUT2D eigenvalue weighted by Gasteiger charge is -2.31. The van der Waals surface area contributed by atoms with Crippen molar-refractivity contribution >= 4 is 17.4 Å². The molecule has 4 rings (SSSR count). The molecule has 0 unspecified atom stereocenters. The van der Waals surface area contributed by atoms with Gasteiger partial charge in [-0.25, -0.2) is 4.79 Å². The smallest absolute Gasteiger partial charge is 0.317 e. The minimum absolute atomic E-state index is 0.0409. The SMILES string of the molecule is COc1ccc(CCNC(=O)N2CCC[C@@H](c3nnc(-c4ccsc4)o3)C2)cc1. The number of piperidine rings is 1. The molecule has 0 saturated carbocycles. The predicted molar refractivity (Wildman–Crippen MR) is 111 cm³/mol. The number of likely N-dealkylation sites (tertiary alicyclic amines) is 1. The van der Waals surface area contributed by atoms with Crippen LogP contribution in [0.25, 0.3) is 11.5 Å². The van der Waals surface area contributed by atoms with Crippen molar-refractivity contribution in [3.8, 4) is 17.2 Å². The summed E-state index contributed by atoms with van der Waals surface area (Å²) in [6.07, 6.45) is 2.65. The third-order valence-electron chi connectivity index (χ3n) is 5.12. The van der Waals surface area contributed by atoms with Crippen LogP contribution in [0, 0.1) is 0 Å². The van der Waals surface area contributed by atoms with Gasteiger partial charge in [0.05, 0.1) is 13.0 Å². The first kappa shape index (κ1) is 19.4. The Morgan fingerprint density at radius 2 is 2.17 bits per heavy atom. The number of amides is 2. The molecule has 152 valence electrons. The number of methoxy groups -OCH3 is 1. The van der Waals surface area contributed by atoms with Crippen molar-refractivity contribution < 1.29 is 13.9 Å². The van der Waals surface area contributed by atoms with Crippen molar-refractivity contribution in [3.05, 3.63) is 52.5 Å². The average Bonchev–Trinajstić information content (AvgIpc) is 3.46. The molecule has 1 fully saturated rings. The Morgan fingerprint density at radius 3 is 2.93 bits per heavy atom. The lowest BCUT2D eigenvalue weighted by atomic mass is 9.98. The summed E-state index contributed by atoms with van der Waals surface area (Å²) in [6.45, 7) is 1.94. The highest BCUT2D eigenvalue weighted by Crippen LogP contribution is 2.29. The summed E-state index contributed by atoms with van der Waals surface area (Å²) in [5, 5.41) is 15.4. The first-order valence-corrected chi connectivity index (χ1v) is 10.7. The number of urea groups is 1. The molecule has 1 N–H and O–H groups in total. The van der Waals surface area contributed by atoms with E-state index in [0.29, 0.717) is 24.9 Å². The fraction of sp³-hybridized carbons (Fsp3) is 0.381. The van der Waals surface area contributed by atoms with Crippen LogP contribution in [-0.2, 0) is 6.42 Å². The van der Waals surface area contributed by atoms with Gasteiger partial charge in [-0.2, -0.15) is 11.3 Å². The van der Waals surface area contributed by atoms with E-state index in [1.807, 2.05) is 46.0 Å². The molecular formula is C21H24N4O3S. The van der Waals surface area contributed by atoms with Crippen molar-refractivity contribution in [2.75, 3.05) is 26.7 Å². The largest absolute Gasteiger partial charge is 0.497 e. The number of thiophene rings is 1. The third-order valence-corrected chi connectivity index (χ3v) is 5.80. The zero-order valence-corrected chi connectivity index (χ0v) is 17.2. The fourth-order valence-electron chi connectivity index (χ4n) is 3.48. The van der Waals surface area contributed by atoms with Crippen molar-refractivity contribution in [3.63, 3.8) is 0 Å². The van der Waals surface area contributed by atoms with Gasteiger partial charge >= 0.3 is 6.03 Å². The van der Waals surface area contributed by atoms with Crippen LogP contribution in [0.15, 0.2) is 45.5 Å². The maximum atomic E-state index is 12.6. The van der Waals surface area contributed by atoms with Gasteiger partial charge in [0.2, 0.25) is 11.8 Å². The number of aromatic nitrogens is 2. The lowest BCUT2D eigenvalue weighted by molar-refractivity contribution is 0.174. The number of hydrogen-bond donors (Lipinski definition) is 1. The lowest BCUT2D eigenvalue weighted by Crippen LogP contribution is -2.45. The van der Waals surface area contributed by atoms with E-state index in [1.165, 1.54) is 0 Å².